The van der Waals surface area contributed by atoms with Gasteiger partial charge in [0.1, 0.15) is 11.6 Å². The van der Waals surface area contributed by atoms with Crippen molar-refractivity contribution in [1.82, 2.24) is 4.72 Å². The van der Waals surface area contributed by atoms with E-state index in [1.807, 2.05) is 6.92 Å². The fourth-order valence-electron chi connectivity index (χ4n) is 2.65. The summed E-state index contributed by atoms with van der Waals surface area (Å²) in [4.78, 5) is 23.5. The minimum atomic E-state index is -4.09. The summed E-state index contributed by atoms with van der Waals surface area (Å²) in [6.07, 6.45) is 0. The van der Waals surface area contributed by atoms with Crippen molar-refractivity contribution in [2.24, 2.45) is 11.3 Å². The van der Waals surface area contributed by atoms with Crippen LogP contribution in [0.15, 0.2) is 29.2 Å². The minimum absolute atomic E-state index is 0.0274. The molecule has 1 aromatic rings. The van der Waals surface area contributed by atoms with Crippen molar-refractivity contribution in [3.05, 3.63) is 39.9 Å². The quantitative estimate of drug-likeness (QED) is 0.417. The molecule has 0 amide bonds. The Morgan fingerprint density at radius 1 is 1.14 bits per heavy atom. The molecule has 9 heteroatoms. The lowest BCUT2D eigenvalue weighted by atomic mass is 9.76. The molecule has 0 saturated heterocycles. The number of rotatable bonds is 7. The van der Waals surface area contributed by atoms with Gasteiger partial charge in [-0.05, 0) is 45.2 Å². The van der Waals surface area contributed by atoms with Crippen LogP contribution in [0.1, 0.15) is 47.1 Å². The van der Waals surface area contributed by atoms with E-state index in [4.69, 9.17) is 4.74 Å². The average Bonchev–Trinajstić information content (AvgIpc) is 2.48. The summed E-state index contributed by atoms with van der Waals surface area (Å²) in [6.45, 7) is 11.3. The van der Waals surface area contributed by atoms with Gasteiger partial charge in [-0.15, -0.1) is 0 Å². The largest absolute Gasteiger partial charge is 0.459 e. The molecule has 0 fully saturated rings. The summed E-state index contributed by atoms with van der Waals surface area (Å²) in [6, 6.07) is 4.70. The number of nitrogens with one attached hydrogen (secondary N) is 1. The average molecular weight is 415 g/mol. The lowest BCUT2D eigenvalue weighted by molar-refractivity contribution is -0.492. The van der Waals surface area contributed by atoms with E-state index in [9.17, 15) is 23.3 Å². The van der Waals surface area contributed by atoms with Gasteiger partial charge in [0.05, 0.1) is 10.8 Å². The lowest BCUT2D eigenvalue weighted by Gasteiger charge is -2.34. The molecule has 0 aromatic heterocycles. The third-order valence-corrected chi connectivity index (χ3v) is 5.59. The van der Waals surface area contributed by atoms with Crippen molar-refractivity contribution in [2.75, 3.05) is 6.54 Å². The van der Waals surface area contributed by atoms with Gasteiger partial charge in [0.2, 0.25) is 16.6 Å². The Hall–Kier alpha value is -2.00. The van der Waals surface area contributed by atoms with E-state index < -0.39 is 50.4 Å². The number of aryl methyl sites for hydroxylation is 1. The van der Waals surface area contributed by atoms with Gasteiger partial charge in [-0.2, -0.15) is 4.72 Å². The molecule has 0 saturated carbocycles. The number of carbonyl (C=O) groups is 1. The Bertz CT molecular complexity index is 804. The molecular weight excluding hydrogens is 384 g/mol. The van der Waals surface area contributed by atoms with E-state index in [0.717, 1.165) is 5.56 Å². The van der Waals surface area contributed by atoms with Gasteiger partial charge in [0.25, 0.3) is 0 Å². The summed E-state index contributed by atoms with van der Waals surface area (Å²) < 4.78 is 33.4. The number of nitro groups is 1. The van der Waals surface area contributed by atoms with Crippen molar-refractivity contribution in [2.45, 2.75) is 65.0 Å². The van der Waals surface area contributed by atoms with E-state index >= 15 is 0 Å². The topological polar surface area (TPSA) is 116 Å². The van der Waals surface area contributed by atoms with Gasteiger partial charge in [-0.3, -0.25) is 14.9 Å². The van der Waals surface area contributed by atoms with Crippen LogP contribution in [-0.2, 0) is 19.6 Å². The monoisotopic (exact) mass is 414 g/mol. The van der Waals surface area contributed by atoms with Crippen LogP contribution in [0.25, 0.3) is 0 Å². The van der Waals surface area contributed by atoms with E-state index in [0.29, 0.717) is 0 Å². The summed E-state index contributed by atoms with van der Waals surface area (Å²) in [7, 11) is -4.09. The summed E-state index contributed by atoms with van der Waals surface area (Å²) in [5.41, 5.74) is -0.727. The number of carbonyl (C=O) groups excluding carboxylic acids is 1. The minimum Gasteiger partial charge on any atom is -0.459 e. The molecule has 0 heterocycles. The van der Waals surface area contributed by atoms with Crippen molar-refractivity contribution in [3.63, 3.8) is 0 Å². The smallest absolute Gasteiger partial charge is 0.325 e. The van der Waals surface area contributed by atoms with Crippen LogP contribution in [-0.4, -0.2) is 37.5 Å². The standard InChI is InChI=1S/C19H30N2O6S/c1-13-8-10-14(11-9-13)28(25,26)20-16(17(22)27-19(5,6)7)15(12-21(23)24)18(2,3)4/h8-11,15-16,20H,12H2,1-7H3/t15-,16-/m1/s1. The Morgan fingerprint density at radius 3 is 2.04 bits per heavy atom. The van der Waals surface area contributed by atoms with Crippen LogP contribution < -0.4 is 4.72 Å². The molecule has 0 spiro atoms. The van der Waals surface area contributed by atoms with Crippen LogP contribution in [0.5, 0.6) is 0 Å². The van der Waals surface area contributed by atoms with E-state index in [-0.39, 0.29) is 4.90 Å². The molecule has 1 aromatic carbocycles. The maximum Gasteiger partial charge on any atom is 0.325 e. The van der Waals surface area contributed by atoms with E-state index in [2.05, 4.69) is 4.72 Å². The molecule has 0 aliphatic carbocycles. The van der Waals surface area contributed by atoms with Crippen molar-refractivity contribution in [1.29, 1.82) is 0 Å². The molecule has 0 aliphatic heterocycles. The highest BCUT2D eigenvalue weighted by molar-refractivity contribution is 7.89. The van der Waals surface area contributed by atoms with Gasteiger partial charge in [0.15, 0.2) is 0 Å². The van der Waals surface area contributed by atoms with Crippen LogP contribution in [0, 0.1) is 28.4 Å². The third kappa shape index (κ3) is 7.20. The number of esters is 1. The van der Waals surface area contributed by atoms with E-state index in [1.54, 1.807) is 53.7 Å². The van der Waals surface area contributed by atoms with Gasteiger partial charge in [-0.25, -0.2) is 8.42 Å². The first kappa shape index (κ1) is 24.0. The van der Waals surface area contributed by atoms with Crippen molar-refractivity contribution < 1.29 is 22.9 Å². The zero-order valence-corrected chi connectivity index (χ0v) is 18.3. The summed E-state index contributed by atoms with van der Waals surface area (Å²) in [5.74, 6) is -1.76. The fraction of sp³-hybridized carbons (Fsp3) is 0.632. The maximum absolute atomic E-state index is 12.9. The number of ether oxygens (including phenoxy) is 1. The SMILES string of the molecule is Cc1ccc(S(=O)(=O)N[C@@H](C(=O)OC(C)(C)C)[C@@H](C[N+](=O)[O-])C(C)(C)C)cc1. The van der Waals surface area contributed by atoms with E-state index in [1.165, 1.54) is 12.1 Å². The molecule has 0 bridgehead atoms. The Morgan fingerprint density at radius 2 is 1.64 bits per heavy atom. The first-order valence-electron chi connectivity index (χ1n) is 8.96. The molecule has 0 aliphatic rings. The number of sulfonamides is 1. The number of hydrogen-bond donors (Lipinski definition) is 1. The molecule has 0 unspecified atom stereocenters. The zero-order valence-electron chi connectivity index (χ0n) is 17.5. The number of nitrogens with zero attached hydrogens (tertiary/aromatic N) is 1. The zero-order chi connectivity index (χ0) is 21.9. The highest BCUT2D eigenvalue weighted by atomic mass is 32.2. The summed E-state index contributed by atoms with van der Waals surface area (Å²) >= 11 is 0. The molecule has 8 nitrogen and oxygen atoms in total. The normalized spacial score (nSPS) is 15.0. The highest BCUT2D eigenvalue weighted by Crippen LogP contribution is 2.31. The Labute approximate surface area is 166 Å². The maximum atomic E-state index is 12.9. The third-order valence-electron chi connectivity index (χ3n) is 4.13. The van der Waals surface area contributed by atoms with Crippen molar-refractivity contribution in [3.8, 4) is 0 Å². The van der Waals surface area contributed by atoms with Crippen LogP contribution in [0.2, 0.25) is 0 Å². The first-order valence-corrected chi connectivity index (χ1v) is 10.4. The second-order valence-corrected chi connectivity index (χ2v) is 10.6. The first-order chi connectivity index (χ1) is 12.5. The van der Waals surface area contributed by atoms with Gasteiger partial charge >= 0.3 is 5.97 Å². The summed E-state index contributed by atoms with van der Waals surface area (Å²) in [5, 5.41) is 11.2. The van der Waals surface area contributed by atoms with Gasteiger partial charge in [0, 0.05) is 4.92 Å². The van der Waals surface area contributed by atoms with Crippen LogP contribution in [0.4, 0.5) is 0 Å². The highest BCUT2D eigenvalue weighted by Gasteiger charge is 2.44. The number of hydrogen-bond acceptors (Lipinski definition) is 6. The number of benzene rings is 1. The van der Waals surface area contributed by atoms with Crippen molar-refractivity contribution >= 4 is 16.0 Å². The molecule has 0 radical (unpaired) electrons. The second-order valence-electron chi connectivity index (χ2n) is 8.93. The molecule has 1 rings (SSSR count). The van der Waals surface area contributed by atoms with Crippen LogP contribution in [0.3, 0.4) is 0 Å². The Balaban J connectivity index is 3.38. The predicted molar refractivity (Wildman–Crippen MR) is 106 cm³/mol. The van der Waals surface area contributed by atoms with Crippen LogP contribution >= 0.6 is 0 Å². The molecular formula is C19H30N2O6S. The van der Waals surface area contributed by atoms with Gasteiger partial charge in [-0.1, -0.05) is 38.5 Å². The molecule has 158 valence electrons. The molecule has 28 heavy (non-hydrogen) atoms. The predicted octanol–water partition coefficient (Wildman–Crippen LogP) is 2.92. The fourth-order valence-corrected chi connectivity index (χ4v) is 3.88. The molecule has 1 N–H and O–H groups in total. The second kappa shape index (κ2) is 8.57. The molecule has 2 atom stereocenters. The van der Waals surface area contributed by atoms with Gasteiger partial charge < -0.3 is 4.74 Å². The Kier molecular flexibility index (Phi) is 7.35. The lowest BCUT2D eigenvalue weighted by Crippen LogP contribution is -2.53.